The lowest BCUT2D eigenvalue weighted by Crippen LogP contribution is -2.55. The molecule has 3 heterocycles. The van der Waals surface area contributed by atoms with Crippen molar-refractivity contribution in [3.05, 3.63) is 12.7 Å². The summed E-state index contributed by atoms with van der Waals surface area (Å²) < 4.78 is 0. The molecule has 2 bridgehead atoms. The number of piperidine rings is 3. The first-order chi connectivity index (χ1) is 5.85. The average molecular weight is 166 g/mol. The third-order valence-corrected chi connectivity index (χ3v) is 3.50. The lowest BCUT2D eigenvalue weighted by Gasteiger charge is -2.48. The van der Waals surface area contributed by atoms with Gasteiger partial charge in [0.2, 0.25) is 0 Å². The van der Waals surface area contributed by atoms with E-state index in [2.05, 4.69) is 17.6 Å². The average Bonchev–Trinajstić information content (AvgIpc) is 2.18. The Labute approximate surface area is 74.4 Å². The van der Waals surface area contributed by atoms with E-state index in [9.17, 15) is 0 Å². The maximum atomic E-state index is 5.71. The molecule has 0 aromatic carbocycles. The van der Waals surface area contributed by atoms with E-state index in [-0.39, 0.29) is 0 Å². The van der Waals surface area contributed by atoms with Crippen LogP contribution in [0.25, 0.3) is 0 Å². The topological polar surface area (TPSA) is 29.3 Å². The highest BCUT2D eigenvalue weighted by molar-refractivity contribution is 4.98. The molecule has 2 heteroatoms. The minimum absolute atomic E-state index is 0.667. The molecule has 0 aromatic heterocycles. The molecule has 3 unspecified atom stereocenters. The lowest BCUT2D eigenvalue weighted by molar-refractivity contribution is 0.0234. The van der Waals surface area contributed by atoms with Crippen molar-refractivity contribution in [1.82, 2.24) is 4.90 Å². The first kappa shape index (κ1) is 8.27. The van der Waals surface area contributed by atoms with Gasteiger partial charge in [-0.3, -0.25) is 4.90 Å². The van der Waals surface area contributed by atoms with Crippen molar-refractivity contribution in [2.75, 3.05) is 19.6 Å². The summed E-state index contributed by atoms with van der Waals surface area (Å²) in [6.07, 6.45) is 4.78. The van der Waals surface area contributed by atoms with Crippen LogP contribution in [0.4, 0.5) is 0 Å². The second-order valence-electron chi connectivity index (χ2n) is 4.07. The SMILES string of the molecule is C=CC1CN2CCC1C[C@@H]2CN. The number of nitrogens with two attached hydrogens (primary N) is 1. The van der Waals surface area contributed by atoms with Crippen molar-refractivity contribution in [3.8, 4) is 0 Å². The molecule has 3 saturated heterocycles. The summed E-state index contributed by atoms with van der Waals surface area (Å²) >= 11 is 0. The number of fused-ring (bicyclic) bond motifs is 3. The molecule has 68 valence electrons. The molecule has 0 aromatic rings. The Hall–Kier alpha value is -0.340. The third-order valence-electron chi connectivity index (χ3n) is 3.50. The normalized spacial score (nSPS) is 46.1. The number of nitrogens with zero attached hydrogens (tertiary/aromatic N) is 1. The van der Waals surface area contributed by atoms with Gasteiger partial charge in [0, 0.05) is 19.1 Å². The molecule has 0 spiro atoms. The molecule has 2 nitrogen and oxygen atoms in total. The van der Waals surface area contributed by atoms with E-state index < -0.39 is 0 Å². The molecular formula is C10H18N2. The molecule has 0 radical (unpaired) electrons. The van der Waals surface area contributed by atoms with Gasteiger partial charge in [-0.05, 0) is 31.2 Å². The highest BCUT2D eigenvalue weighted by Gasteiger charge is 2.37. The Bertz CT molecular complexity index is 179. The Balaban J connectivity index is 2.05. The van der Waals surface area contributed by atoms with Crippen molar-refractivity contribution in [3.63, 3.8) is 0 Å². The van der Waals surface area contributed by atoms with Crippen molar-refractivity contribution in [2.24, 2.45) is 17.6 Å². The van der Waals surface area contributed by atoms with Gasteiger partial charge in [-0.25, -0.2) is 0 Å². The van der Waals surface area contributed by atoms with Crippen LogP contribution < -0.4 is 5.73 Å². The van der Waals surface area contributed by atoms with Gasteiger partial charge in [-0.1, -0.05) is 6.08 Å². The van der Waals surface area contributed by atoms with Gasteiger partial charge >= 0.3 is 0 Å². The second kappa shape index (κ2) is 3.19. The van der Waals surface area contributed by atoms with Crippen molar-refractivity contribution in [1.29, 1.82) is 0 Å². The largest absolute Gasteiger partial charge is 0.329 e. The van der Waals surface area contributed by atoms with Crippen LogP contribution in [0.5, 0.6) is 0 Å². The minimum atomic E-state index is 0.667. The fraction of sp³-hybridized carbons (Fsp3) is 0.800. The van der Waals surface area contributed by atoms with Gasteiger partial charge in [-0.15, -0.1) is 6.58 Å². The molecule has 3 aliphatic heterocycles. The van der Waals surface area contributed by atoms with Crippen molar-refractivity contribution >= 4 is 0 Å². The van der Waals surface area contributed by atoms with Crippen LogP contribution in [0.3, 0.4) is 0 Å². The van der Waals surface area contributed by atoms with Crippen molar-refractivity contribution in [2.45, 2.75) is 18.9 Å². The Morgan fingerprint density at radius 3 is 2.92 bits per heavy atom. The van der Waals surface area contributed by atoms with E-state index in [0.717, 1.165) is 18.4 Å². The van der Waals surface area contributed by atoms with Gasteiger partial charge in [0.05, 0.1) is 0 Å². The fourth-order valence-electron chi connectivity index (χ4n) is 2.69. The quantitative estimate of drug-likeness (QED) is 0.616. The second-order valence-corrected chi connectivity index (χ2v) is 4.07. The highest BCUT2D eigenvalue weighted by atomic mass is 15.2. The van der Waals surface area contributed by atoms with Gasteiger partial charge in [-0.2, -0.15) is 0 Å². The van der Waals surface area contributed by atoms with Crippen LogP contribution in [-0.4, -0.2) is 30.6 Å². The van der Waals surface area contributed by atoms with Gasteiger partial charge in [0.15, 0.2) is 0 Å². The summed E-state index contributed by atoms with van der Waals surface area (Å²) in [5, 5.41) is 0. The highest BCUT2D eigenvalue weighted by Crippen LogP contribution is 2.36. The molecule has 0 amide bonds. The van der Waals surface area contributed by atoms with E-state index in [1.807, 2.05) is 0 Å². The molecular weight excluding hydrogens is 148 g/mol. The minimum Gasteiger partial charge on any atom is -0.329 e. The smallest absolute Gasteiger partial charge is 0.0221 e. The van der Waals surface area contributed by atoms with Crippen LogP contribution in [0.15, 0.2) is 12.7 Å². The molecule has 2 N–H and O–H groups in total. The zero-order valence-electron chi connectivity index (χ0n) is 7.58. The Morgan fingerprint density at radius 2 is 2.42 bits per heavy atom. The lowest BCUT2D eigenvalue weighted by atomic mass is 9.76. The van der Waals surface area contributed by atoms with E-state index in [0.29, 0.717) is 6.04 Å². The Morgan fingerprint density at radius 1 is 1.58 bits per heavy atom. The molecule has 4 atom stereocenters. The van der Waals surface area contributed by atoms with E-state index in [4.69, 9.17) is 5.73 Å². The summed E-state index contributed by atoms with van der Waals surface area (Å²) in [5.74, 6) is 1.61. The predicted octanol–water partition coefficient (Wildman–Crippen LogP) is 0.841. The fourth-order valence-corrected chi connectivity index (χ4v) is 2.69. The van der Waals surface area contributed by atoms with Gasteiger partial charge < -0.3 is 5.73 Å². The first-order valence-electron chi connectivity index (χ1n) is 4.92. The number of rotatable bonds is 2. The molecule has 3 rings (SSSR count). The van der Waals surface area contributed by atoms with E-state index in [1.54, 1.807) is 0 Å². The standard InChI is InChI=1S/C10H18N2/c1-2-8-7-12-4-3-9(8)5-10(12)6-11/h2,8-10H,1,3-7,11H2/t8?,9?,10-/m1/s1. The maximum Gasteiger partial charge on any atom is 0.0221 e. The van der Waals surface area contributed by atoms with Crippen LogP contribution in [-0.2, 0) is 0 Å². The third kappa shape index (κ3) is 1.19. The summed E-state index contributed by atoms with van der Waals surface area (Å²) in [6.45, 7) is 7.19. The van der Waals surface area contributed by atoms with Crippen LogP contribution in [0.1, 0.15) is 12.8 Å². The number of hydrogen-bond donors (Lipinski definition) is 1. The summed E-state index contributed by atoms with van der Waals surface area (Å²) in [6, 6.07) is 0.667. The van der Waals surface area contributed by atoms with Crippen molar-refractivity contribution < 1.29 is 0 Å². The van der Waals surface area contributed by atoms with Gasteiger partial charge in [0.25, 0.3) is 0 Å². The summed E-state index contributed by atoms with van der Waals surface area (Å²) in [7, 11) is 0. The van der Waals surface area contributed by atoms with Crippen LogP contribution >= 0.6 is 0 Å². The molecule has 3 aliphatic rings. The monoisotopic (exact) mass is 166 g/mol. The molecule has 3 fully saturated rings. The van der Waals surface area contributed by atoms with E-state index >= 15 is 0 Å². The van der Waals surface area contributed by atoms with Crippen LogP contribution in [0, 0.1) is 11.8 Å². The van der Waals surface area contributed by atoms with Crippen LogP contribution in [0.2, 0.25) is 0 Å². The molecule has 0 saturated carbocycles. The predicted molar refractivity (Wildman–Crippen MR) is 50.8 cm³/mol. The maximum absolute atomic E-state index is 5.71. The summed E-state index contributed by atoms with van der Waals surface area (Å²) in [5.41, 5.74) is 5.71. The zero-order valence-corrected chi connectivity index (χ0v) is 7.58. The zero-order chi connectivity index (χ0) is 8.55. The van der Waals surface area contributed by atoms with Gasteiger partial charge in [0.1, 0.15) is 0 Å². The summed E-state index contributed by atoms with van der Waals surface area (Å²) in [4.78, 5) is 2.53. The molecule has 12 heavy (non-hydrogen) atoms. The van der Waals surface area contributed by atoms with E-state index in [1.165, 1.54) is 25.9 Å². The Kier molecular flexibility index (Phi) is 2.20. The molecule has 0 aliphatic carbocycles. The number of hydrogen-bond acceptors (Lipinski definition) is 2. The first-order valence-corrected chi connectivity index (χ1v) is 4.92.